The number of aromatic nitrogens is 4. The van der Waals surface area contributed by atoms with Crippen LogP contribution in [0.5, 0.6) is 0 Å². The van der Waals surface area contributed by atoms with Gasteiger partial charge in [-0.15, -0.1) is 0 Å². The van der Waals surface area contributed by atoms with Gasteiger partial charge < -0.3 is 30.9 Å². The second-order valence-corrected chi connectivity index (χ2v) is 42.5. The van der Waals surface area contributed by atoms with E-state index in [-0.39, 0.29) is 46.6 Å². The Morgan fingerprint density at radius 3 is 0.947 bits per heavy atom. The predicted octanol–water partition coefficient (Wildman–Crippen LogP) is 21.0. The fourth-order valence-corrected chi connectivity index (χ4v) is 23.2. The molecule has 0 unspecified atom stereocenters. The van der Waals surface area contributed by atoms with Crippen molar-refractivity contribution in [1.29, 1.82) is 0 Å². The monoisotopic (exact) mass is 1970 g/mol. The molecule has 9 heterocycles. The van der Waals surface area contributed by atoms with Crippen molar-refractivity contribution in [3.8, 4) is 45.0 Å². The molecule has 133 heavy (non-hydrogen) atoms. The third-order valence-electron chi connectivity index (χ3n) is 22.7. The lowest BCUT2D eigenvalue weighted by Gasteiger charge is -2.30. The van der Waals surface area contributed by atoms with E-state index in [9.17, 15) is 52.8 Å². The molecule has 0 radical (unpaired) electrons. The predicted molar refractivity (Wildman–Crippen MR) is 534 cm³/mol. The Labute approximate surface area is 800 Å². The molecule has 0 atom stereocenters. The molecule has 5 fully saturated rings. The summed E-state index contributed by atoms with van der Waals surface area (Å²) in [6, 6.07) is 62.4. The van der Waals surface area contributed by atoms with Gasteiger partial charge in [0.05, 0.1) is 108 Å². The zero-order valence-electron chi connectivity index (χ0n) is 72.9. The van der Waals surface area contributed by atoms with E-state index in [0.29, 0.717) is 169 Å². The Kier molecular flexibility index (Phi) is 32.6. The highest BCUT2D eigenvalue weighted by molar-refractivity contribution is 7.93. The van der Waals surface area contributed by atoms with Gasteiger partial charge in [-0.3, -0.25) is 56.3 Å². The number of amides is 4. The van der Waals surface area contributed by atoms with Crippen molar-refractivity contribution in [3.63, 3.8) is 0 Å². The van der Waals surface area contributed by atoms with E-state index in [2.05, 4.69) is 46.1 Å². The first-order valence-corrected chi connectivity index (χ1v) is 51.9. The SMILES string of the molecule is Cc1ccc(-c2cc(NC(=O)c3ccc(N4CCCCCS4(=O)=O)cc3)ccc2Cl)nc1.Cc1ccc(-c2cc(NC(=O)c3ccc(N4CCCCCS4(=O)=O)cc3)ccc2Cl)nc1.O=C(Nc1ccc(Cl)c(-c2cc(Cl)ccn2)c1)c1ccc(N2CCCCCS2(=O)=O)cc1.O=C(Nc1ccc(Cl)c(-c2ncccc2N2CCOCC2)c1)c1ccc(N2CCCCCS2(=O)=O)cc1. The number of aryl methyl sites for hydroxylation is 2. The largest absolute Gasteiger partial charge is 0.378 e. The van der Waals surface area contributed by atoms with Crippen molar-refractivity contribution in [2.24, 2.45) is 0 Å². The summed E-state index contributed by atoms with van der Waals surface area (Å²) in [5.41, 5.74) is 15.0. The molecule has 8 aromatic carbocycles. The van der Waals surface area contributed by atoms with Crippen LogP contribution in [0.1, 0.15) is 130 Å². The third kappa shape index (κ3) is 25.5. The summed E-state index contributed by atoms with van der Waals surface area (Å²) in [5.74, 6) is -0.585. The minimum Gasteiger partial charge on any atom is -0.378 e. The van der Waals surface area contributed by atoms with Crippen LogP contribution in [0.15, 0.2) is 243 Å². The van der Waals surface area contributed by atoms with Gasteiger partial charge in [-0.1, -0.05) is 95.8 Å². The molecule has 12 aromatic rings. The molecule has 4 aromatic heterocycles. The van der Waals surface area contributed by atoms with E-state index in [1.165, 1.54) is 17.2 Å². The molecule has 4 amide bonds. The summed E-state index contributed by atoms with van der Waals surface area (Å²) in [6.45, 7) is 8.61. The van der Waals surface area contributed by atoms with E-state index in [1.54, 1.807) is 201 Å². The number of halogens is 5. The summed E-state index contributed by atoms with van der Waals surface area (Å²) >= 11 is 31.6. The van der Waals surface area contributed by atoms with E-state index in [1.807, 2.05) is 56.3 Å². The first kappa shape index (κ1) is 97.5. The van der Waals surface area contributed by atoms with E-state index < -0.39 is 40.1 Å². The molecule has 4 N–H and O–H groups in total. The molecular weight excluding hydrogens is 1870 g/mol. The van der Waals surface area contributed by atoms with Gasteiger partial charge in [0.25, 0.3) is 23.6 Å². The van der Waals surface area contributed by atoms with Gasteiger partial charge in [-0.2, -0.15) is 0 Å². The zero-order chi connectivity index (χ0) is 94.0. The Balaban J connectivity index is 0.000000143. The molecule has 692 valence electrons. The lowest BCUT2D eigenvalue weighted by atomic mass is 10.1. The van der Waals surface area contributed by atoms with Crippen LogP contribution < -0.4 is 43.4 Å². The zero-order valence-corrected chi connectivity index (χ0v) is 80.0. The maximum absolute atomic E-state index is 13.0. The third-order valence-corrected chi connectivity index (χ3v) is 31.8. The molecule has 35 heteroatoms. The fraction of sp³-hybridized carbons (Fsp3) is 0.265. The summed E-state index contributed by atoms with van der Waals surface area (Å²) in [4.78, 5) is 71.2. The van der Waals surface area contributed by atoms with Gasteiger partial charge in [0.15, 0.2) is 0 Å². The molecule has 5 aliphatic rings. The normalized spacial score (nSPS) is 16.3. The van der Waals surface area contributed by atoms with Crippen molar-refractivity contribution >= 4 is 173 Å². The van der Waals surface area contributed by atoms with Gasteiger partial charge in [-0.25, -0.2) is 33.7 Å². The number of sulfonamides is 4. The molecule has 0 spiro atoms. The summed E-state index contributed by atoms with van der Waals surface area (Å²) in [7, 11) is -13.3. The Morgan fingerprint density at radius 2 is 0.632 bits per heavy atom. The molecule has 5 aliphatic heterocycles. The number of hydrogen-bond acceptors (Lipinski definition) is 18. The van der Waals surface area contributed by atoms with Crippen molar-refractivity contribution in [3.05, 3.63) is 302 Å². The number of morpholine rings is 1. The Morgan fingerprint density at radius 1 is 0.316 bits per heavy atom. The van der Waals surface area contributed by atoms with Crippen LogP contribution in [0.4, 0.5) is 51.2 Å². The first-order chi connectivity index (χ1) is 63.9. The number of nitrogens with one attached hydrogen (secondary N) is 4. The standard InChI is InChI=1S/C27H29ClN4O4S.2C24H24ClN3O3S.C23H21Cl2N3O3S/c28-24-11-8-21(19-23(24)26-25(5-4-12-29-26)31-14-16-36-17-15-31)30-27(33)20-6-9-22(10-7-20)32-13-2-1-3-18-37(32,34)35;2*1-17-5-12-23(26-16-17)21-15-19(8-11-22(21)25)27-24(29)18-6-9-20(10-7-18)28-13-3-2-4-14-32(28,30)31;24-17-10-11-26-22(14-17)20-15-18(6-9-21(20)25)27-23(29)16-4-7-19(8-5-16)28-12-2-1-3-13-32(28,30)31/h4-12,19H,1-3,13-18H2,(H,30,33);2*5-12,15-16H,2-4,13-14H2,1H3,(H,27,29);4-11,14-15H,1-3,12-13H2,(H,27,29). The maximum atomic E-state index is 13.0. The lowest BCUT2D eigenvalue weighted by Crippen LogP contribution is -2.36. The number of ether oxygens (including phenoxy) is 1. The van der Waals surface area contributed by atoms with Gasteiger partial charge in [0.1, 0.15) is 0 Å². The average Bonchev–Trinajstić information content (AvgIpc) is 1.66. The van der Waals surface area contributed by atoms with Crippen LogP contribution in [0.2, 0.25) is 25.1 Å². The maximum Gasteiger partial charge on any atom is 0.255 e. The van der Waals surface area contributed by atoms with Crippen LogP contribution >= 0.6 is 58.0 Å². The number of carbonyl (C=O) groups excluding carboxylic acids is 4. The highest BCUT2D eigenvalue weighted by atomic mass is 35.5. The number of carbonyl (C=O) groups is 4. The number of nitrogens with zero attached hydrogens (tertiary/aromatic N) is 9. The van der Waals surface area contributed by atoms with Crippen molar-refractivity contribution < 1.29 is 57.6 Å². The molecule has 0 bridgehead atoms. The van der Waals surface area contributed by atoms with Gasteiger partial charge in [-0.05, 0) is 283 Å². The number of anilines is 9. The van der Waals surface area contributed by atoms with E-state index in [4.69, 9.17) is 62.7 Å². The minimum absolute atomic E-state index is 0.148. The average molecular weight is 1970 g/mol. The topological polar surface area (TPSA) is 330 Å². The number of benzene rings is 8. The molecule has 0 aliphatic carbocycles. The fourth-order valence-electron chi connectivity index (χ4n) is 15.6. The van der Waals surface area contributed by atoms with Gasteiger partial charge in [0, 0.05) is 136 Å². The smallest absolute Gasteiger partial charge is 0.255 e. The Bertz CT molecular complexity index is 6480. The van der Waals surface area contributed by atoms with E-state index in [0.717, 1.165) is 115 Å². The molecule has 0 saturated carbocycles. The highest BCUT2D eigenvalue weighted by Gasteiger charge is 2.31. The quantitative estimate of drug-likeness (QED) is 0.0658. The molecular formula is C98H98Cl5N13O13S4. The Hall–Kier alpha value is -11.6. The minimum atomic E-state index is -3.34. The van der Waals surface area contributed by atoms with Crippen molar-refractivity contribution in [2.75, 3.05) is 119 Å². The summed E-state index contributed by atoms with van der Waals surface area (Å²) < 4.78 is 111. The number of pyridine rings is 4. The van der Waals surface area contributed by atoms with Crippen LogP contribution in [0, 0.1) is 13.8 Å². The summed E-state index contributed by atoms with van der Waals surface area (Å²) in [5, 5.41) is 14.2. The second-order valence-electron chi connectivity index (χ2n) is 32.3. The van der Waals surface area contributed by atoms with Crippen molar-refractivity contribution in [1.82, 2.24) is 19.9 Å². The lowest BCUT2D eigenvalue weighted by molar-refractivity contribution is 0.101. The van der Waals surface area contributed by atoms with E-state index >= 15 is 0 Å². The van der Waals surface area contributed by atoms with Crippen molar-refractivity contribution in [2.45, 2.75) is 90.9 Å². The molecule has 5 saturated heterocycles. The van der Waals surface area contributed by atoms with Crippen LogP contribution in [0.25, 0.3) is 45.0 Å². The van der Waals surface area contributed by atoms with Crippen LogP contribution in [0.3, 0.4) is 0 Å². The first-order valence-electron chi connectivity index (χ1n) is 43.5. The van der Waals surface area contributed by atoms with Gasteiger partial charge >= 0.3 is 0 Å². The van der Waals surface area contributed by atoms with Gasteiger partial charge in [0.2, 0.25) is 40.1 Å². The molecule has 26 nitrogen and oxygen atoms in total. The summed E-state index contributed by atoms with van der Waals surface area (Å²) in [6.07, 6.45) is 16.5. The van der Waals surface area contributed by atoms with Crippen LogP contribution in [-0.2, 0) is 44.8 Å². The second kappa shape index (κ2) is 44.5. The molecule has 17 rings (SSSR count). The highest BCUT2D eigenvalue weighted by Crippen LogP contribution is 2.39. The number of hydrogen-bond donors (Lipinski definition) is 4. The van der Waals surface area contributed by atoms with Crippen LogP contribution in [-0.4, -0.2) is 153 Å². The number of rotatable bonds is 17.